The van der Waals surface area contributed by atoms with Gasteiger partial charge < -0.3 is 19.5 Å². The molecule has 0 atom stereocenters. The first-order chi connectivity index (χ1) is 18.7. The summed E-state index contributed by atoms with van der Waals surface area (Å²) in [6, 6.07) is 18.7. The monoisotopic (exact) mass is 506 g/mol. The Morgan fingerprint density at radius 1 is 0.553 bits per heavy atom. The van der Waals surface area contributed by atoms with Crippen molar-refractivity contribution in [2.24, 2.45) is 0 Å². The molecule has 6 aromatic rings. The number of para-hydroxylation sites is 2. The summed E-state index contributed by atoms with van der Waals surface area (Å²) in [7, 11) is 0. The third kappa shape index (κ3) is 4.45. The molecule has 2 N–H and O–H groups in total. The van der Waals surface area contributed by atoms with Gasteiger partial charge >= 0.3 is 11.3 Å². The van der Waals surface area contributed by atoms with E-state index in [9.17, 15) is 9.59 Å². The number of unbranched alkanes of at least 4 members (excludes halogenated alkanes) is 3. The van der Waals surface area contributed by atoms with Gasteiger partial charge in [0.05, 0.1) is 0 Å². The molecule has 38 heavy (non-hydrogen) atoms. The molecule has 0 fully saturated rings. The van der Waals surface area contributed by atoms with Gasteiger partial charge in [-0.15, -0.1) is 0 Å². The van der Waals surface area contributed by atoms with Crippen LogP contribution in [0, 0.1) is 0 Å². The molecular weight excluding hydrogens is 480 g/mol. The molecule has 0 bridgehead atoms. The van der Waals surface area contributed by atoms with Crippen molar-refractivity contribution in [2.45, 2.75) is 25.7 Å². The second kappa shape index (κ2) is 10.3. The van der Waals surface area contributed by atoms with Crippen LogP contribution in [-0.4, -0.2) is 23.1 Å². The predicted octanol–water partition coefficient (Wildman–Crippen LogP) is 6.08. The fraction of sp³-hybridized carbons (Fsp3) is 0.200. The average molecular weight is 507 g/mol. The maximum absolute atomic E-state index is 12.6. The fourth-order valence-corrected chi connectivity index (χ4v) is 4.93. The number of nitrogens with zero attached hydrogens (tertiary/aromatic N) is 2. The van der Waals surface area contributed by atoms with E-state index in [1.165, 1.54) is 0 Å². The SMILES string of the molecule is O=c1oc2ccccc2c2ccnc(NCCCCCCNc3nccc4c3c(=O)oc3ccccc34)c12. The van der Waals surface area contributed by atoms with Crippen LogP contribution in [-0.2, 0) is 0 Å². The number of nitrogens with one attached hydrogen (secondary N) is 2. The van der Waals surface area contributed by atoms with Crippen LogP contribution < -0.4 is 21.9 Å². The largest absolute Gasteiger partial charge is 0.422 e. The number of rotatable bonds is 9. The molecular formula is C30H26N4O4. The highest BCUT2D eigenvalue weighted by Gasteiger charge is 2.13. The summed E-state index contributed by atoms with van der Waals surface area (Å²) in [5.41, 5.74) is 0.376. The van der Waals surface area contributed by atoms with E-state index in [2.05, 4.69) is 20.6 Å². The minimum atomic E-state index is -0.385. The smallest absolute Gasteiger partial charge is 0.347 e. The number of aromatic nitrogens is 2. The van der Waals surface area contributed by atoms with Gasteiger partial charge in [0.1, 0.15) is 33.6 Å². The lowest BCUT2D eigenvalue weighted by Crippen LogP contribution is -2.10. The second-order valence-corrected chi connectivity index (χ2v) is 9.20. The number of pyridine rings is 2. The Bertz CT molecular complexity index is 1750. The lowest BCUT2D eigenvalue weighted by atomic mass is 10.1. The molecule has 0 saturated heterocycles. The molecule has 2 aromatic carbocycles. The van der Waals surface area contributed by atoms with Gasteiger partial charge in [-0.25, -0.2) is 19.6 Å². The van der Waals surface area contributed by atoms with Gasteiger partial charge in [-0.3, -0.25) is 0 Å². The summed E-state index contributed by atoms with van der Waals surface area (Å²) >= 11 is 0. The minimum absolute atomic E-state index is 0.385. The van der Waals surface area contributed by atoms with E-state index in [-0.39, 0.29) is 11.3 Å². The quantitative estimate of drug-likeness (QED) is 0.138. The van der Waals surface area contributed by atoms with Crippen LogP contribution in [0.3, 0.4) is 0 Å². The molecule has 0 unspecified atom stereocenters. The Labute approximate surface area is 217 Å². The summed E-state index contributed by atoms with van der Waals surface area (Å²) in [6.45, 7) is 1.40. The third-order valence-corrected chi connectivity index (χ3v) is 6.76. The number of anilines is 2. The van der Waals surface area contributed by atoms with E-state index in [0.29, 0.717) is 46.7 Å². The Kier molecular flexibility index (Phi) is 6.44. The standard InChI is InChI=1S/C30H26N4O4/c35-29-25-21(19-9-3-5-11-23(19)37-29)13-17-33-27(25)31-15-7-1-2-8-16-32-28-26-22(14-18-34-28)20-10-4-6-12-24(20)38-30(26)36/h3-6,9-14,17-18H,1-2,7-8,15-16H2,(H,31,33)(H,32,34). The Hall–Kier alpha value is -4.72. The zero-order chi connectivity index (χ0) is 25.9. The first-order valence-corrected chi connectivity index (χ1v) is 12.8. The van der Waals surface area contributed by atoms with Crippen LogP contribution in [0.2, 0.25) is 0 Å². The van der Waals surface area contributed by atoms with Gasteiger partial charge in [-0.05, 0) is 37.1 Å². The van der Waals surface area contributed by atoms with Crippen molar-refractivity contribution in [3.05, 3.63) is 93.9 Å². The van der Waals surface area contributed by atoms with Crippen molar-refractivity contribution in [1.29, 1.82) is 0 Å². The highest BCUT2D eigenvalue weighted by Crippen LogP contribution is 2.27. The van der Waals surface area contributed by atoms with Crippen LogP contribution >= 0.6 is 0 Å². The number of fused-ring (bicyclic) bond motifs is 6. The minimum Gasteiger partial charge on any atom is -0.422 e. The van der Waals surface area contributed by atoms with Gasteiger partial charge in [-0.1, -0.05) is 49.2 Å². The van der Waals surface area contributed by atoms with Gasteiger partial charge in [0.25, 0.3) is 0 Å². The van der Waals surface area contributed by atoms with Crippen LogP contribution in [0.25, 0.3) is 43.5 Å². The first kappa shape index (κ1) is 23.7. The molecule has 4 heterocycles. The Balaban J connectivity index is 1.03. The van der Waals surface area contributed by atoms with E-state index in [4.69, 9.17) is 8.83 Å². The highest BCUT2D eigenvalue weighted by molar-refractivity contribution is 6.08. The molecule has 0 spiro atoms. The highest BCUT2D eigenvalue weighted by atomic mass is 16.4. The molecule has 0 aliphatic heterocycles. The second-order valence-electron chi connectivity index (χ2n) is 9.20. The van der Waals surface area contributed by atoms with Crippen LogP contribution in [0.5, 0.6) is 0 Å². The predicted molar refractivity (Wildman–Crippen MR) is 151 cm³/mol. The average Bonchev–Trinajstić information content (AvgIpc) is 2.94. The van der Waals surface area contributed by atoms with Gasteiger partial charge in [0.15, 0.2) is 0 Å². The zero-order valence-corrected chi connectivity index (χ0v) is 20.7. The summed E-state index contributed by atoms with van der Waals surface area (Å²) in [5, 5.41) is 11.0. The third-order valence-electron chi connectivity index (χ3n) is 6.76. The molecule has 0 radical (unpaired) electrons. The normalized spacial score (nSPS) is 11.5. The van der Waals surface area contributed by atoms with E-state index in [0.717, 1.165) is 47.2 Å². The van der Waals surface area contributed by atoms with Gasteiger partial charge in [0, 0.05) is 47.0 Å². The van der Waals surface area contributed by atoms with Gasteiger partial charge in [0.2, 0.25) is 0 Å². The first-order valence-electron chi connectivity index (χ1n) is 12.8. The molecule has 0 amide bonds. The maximum Gasteiger partial charge on any atom is 0.347 e. The van der Waals surface area contributed by atoms with Crippen molar-refractivity contribution in [1.82, 2.24) is 9.97 Å². The van der Waals surface area contributed by atoms with Gasteiger partial charge in [-0.2, -0.15) is 0 Å². The number of hydrogen-bond donors (Lipinski definition) is 2. The van der Waals surface area contributed by atoms with Crippen LogP contribution in [0.4, 0.5) is 11.6 Å². The summed E-state index contributed by atoms with van der Waals surface area (Å²) in [6.07, 6.45) is 7.30. The van der Waals surface area contributed by atoms with Crippen molar-refractivity contribution < 1.29 is 8.83 Å². The van der Waals surface area contributed by atoms with E-state index >= 15 is 0 Å². The summed E-state index contributed by atoms with van der Waals surface area (Å²) in [4.78, 5) is 34.0. The van der Waals surface area contributed by atoms with E-state index in [1.807, 2.05) is 48.5 Å². The van der Waals surface area contributed by atoms with Crippen LogP contribution in [0.15, 0.2) is 91.5 Å². The molecule has 0 aliphatic carbocycles. The fourth-order valence-electron chi connectivity index (χ4n) is 4.93. The van der Waals surface area contributed by atoms with E-state index < -0.39 is 0 Å². The lowest BCUT2D eigenvalue weighted by Gasteiger charge is -2.10. The molecule has 8 nitrogen and oxygen atoms in total. The summed E-state index contributed by atoms with van der Waals surface area (Å²) < 4.78 is 11.0. The molecule has 190 valence electrons. The van der Waals surface area contributed by atoms with Crippen molar-refractivity contribution >= 4 is 55.1 Å². The molecule has 8 heteroatoms. The Morgan fingerprint density at radius 3 is 1.47 bits per heavy atom. The van der Waals surface area contributed by atoms with Crippen molar-refractivity contribution in [3.63, 3.8) is 0 Å². The molecule has 0 saturated carbocycles. The topological polar surface area (TPSA) is 110 Å². The molecule has 0 aliphatic rings. The number of hydrogen-bond acceptors (Lipinski definition) is 8. The number of benzene rings is 2. The molecule has 4 aromatic heterocycles. The lowest BCUT2D eigenvalue weighted by molar-refractivity contribution is 0.569. The zero-order valence-electron chi connectivity index (χ0n) is 20.7. The Morgan fingerprint density at radius 2 is 1.00 bits per heavy atom. The molecule has 6 rings (SSSR count). The maximum atomic E-state index is 12.6. The van der Waals surface area contributed by atoms with Crippen LogP contribution in [0.1, 0.15) is 25.7 Å². The van der Waals surface area contributed by atoms with Crippen molar-refractivity contribution in [2.75, 3.05) is 23.7 Å². The summed E-state index contributed by atoms with van der Waals surface area (Å²) in [5.74, 6) is 1.11. The van der Waals surface area contributed by atoms with E-state index in [1.54, 1.807) is 24.5 Å². The van der Waals surface area contributed by atoms with Crippen molar-refractivity contribution in [3.8, 4) is 0 Å².